The van der Waals surface area contributed by atoms with Crippen molar-refractivity contribution in [3.63, 3.8) is 0 Å². The maximum absolute atomic E-state index is 5.42. The summed E-state index contributed by atoms with van der Waals surface area (Å²) in [5, 5.41) is 0. The molecule has 1 unspecified atom stereocenters. The summed E-state index contributed by atoms with van der Waals surface area (Å²) in [5.41, 5.74) is 1.42. The van der Waals surface area contributed by atoms with Gasteiger partial charge in [0.2, 0.25) is 0 Å². The molecule has 0 radical (unpaired) electrons. The van der Waals surface area contributed by atoms with Gasteiger partial charge >= 0.3 is 95.0 Å². The minimum absolute atomic E-state index is 0.0464. The Morgan fingerprint density at radius 2 is 2.36 bits per heavy atom. The maximum atomic E-state index is 5.42. The molecule has 0 saturated heterocycles. The van der Waals surface area contributed by atoms with E-state index in [4.69, 9.17) is 9.47 Å². The van der Waals surface area contributed by atoms with Gasteiger partial charge in [0.05, 0.1) is 0 Å². The first kappa shape index (κ1) is 10.1. The van der Waals surface area contributed by atoms with E-state index in [2.05, 4.69) is 26.5 Å². The Labute approximate surface area is 94.9 Å². The van der Waals surface area contributed by atoms with Gasteiger partial charge in [-0.1, -0.05) is 0 Å². The fourth-order valence-corrected chi connectivity index (χ4v) is 4.14. The summed E-state index contributed by atoms with van der Waals surface area (Å²) < 4.78 is 12.8. The number of hydrogen-bond acceptors (Lipinski definition) is 2. The standard InChI is InChI=1S/C11H14IO2/c1-7(2)12-9-5-11-10(4-8(9)3)13-6-14-11/h4,9H,1,5-6H2,2-3H3/q-1. The molecule has 1 atom stereocenters. The van der Waals surface area contributed by atoms with Crippen LogP contribution in [0.5, 0.6) is 0 Å². The second kappa shape index (κ2) is 3.96. The molecule has 0 fully saturated rings. The van der Waals surface area contributed by atoms with Gasteiger partial charge in [-0.05, 0) is 0 Å². The third kappa shape index (κ3) is 1.97. The zero-order valence-electron chi connectivity index (χ0n) is 8.47. The molecule has 0 amide bonds. The number of ether oxygens (including phenoxy) is 2. The monoisotopic (exact) mass is 305 g/mol. The molecule has 0 aromatic carbocycles. The minimum atomic E-state index is 0.0464. The molecule has 0 aromatic heterocycles. The molecule has 0 aromatic rings. The van der Waals surface area contributed by atoms with E-state index < -0.39 is 0 Å². The van der Waals surface area contributed by atoms with Gasteiger partial charge < -0.3 is 0 Å². The van der Waals surface area contributed by atoms with Crippen LogP contribution in [-0.4, -0.2) is 10.7 Å². The molecule has 2 aliphatic rings. The topological polar surface area (TPSA) is 18.5 Å². The van der Waals surface area contributed by atoms with Crippen molar-refractivity contribution in [2.75, 3.05) is 6.79 Å². The van der Waals surface area contributed by atoms with E-state index in [-0.39, 0.29) is 21.2 Å². The number of allylic oxidation sites excluding steroid dienone is 4. The summed E-state index contributed by atoms with van der Waals surface area (Å²) >= 11 is 0.0464. The van der Waals surface area contributed by atoms with Crippen molar-refractivity contribution in [2.24, 2.45) is 0 Å². The molecule has 0 N–H and O–H groups in total. The summed E-state index contributed by atoms with van der Waals surface area (Å²) in [6, 6.07) is 0. The van der Waals surface area contributed by atoms with Gasteiger partial charge in [0.15, 0.2) is 0 Å². The van der Waals surface area contributed by atoms with Gasteiger partial charge in [0, 0.05) is 0 Å². The second-order valence-electron chi connectivity index (χ2n) is 3.54. The second-order valence-corrected chi connectivity index (χ2v) is 7.51. The number of halogens is 1. The average Bonchev–Trinajstić information content (AvgIpc) is 2.51. The molecule has 2 nitrogen and oxygen atoms in total. The van der Waals surface area contributed by atoms with Crippen molar-refractivity contribution in [1.82, 2.24) is 0 Å². The molecule has 0 bridgehead atoms. The van der Waals surface area contributed by atoms with Gasteiger partial charge in [0.1, 0.15) is 0 Å². The normalized spacial score (nSPS) is 25.3. The Hall–Kier alpha value is -0.450. The summed E-state index contributed by atoms with van der Waals surface area (Å²) in [4.78, 5) is 0. The van der Waals surface area contributed by atoms with Crippen LogP contribution in [0.15, 0.2) is 33.3 Å². The van der Waals surface area contributed by atoms with Crippen LogP contribution in [0.1, 0.15) is 20.3 Å². The van der Waals surface area contributed by atoms with Crippen molar-refractivity contribution in [1.29, 1.82) is 0 Å². The Morgan fingerprint density at radius 3 is 3.07 bits per heavy atom. The summed E-state index contributed by atoms with van der Waals surface area (Å²) in [6.07, 6.45) is 3.14. The van der Waals surface area contributed by atoms with Crippen LogP contribution in [0.25, 0.3) is 0 Å². The van der Waals surface area contributed by atoms with Crippen molar-refractivity contribution in [2.45, 2.75) is 24.2 Å². The van der Waals surface area contributed by atoms with Crippen LogP contribution >= 0.6 is 0 Å². The Kier molecular flexibility index (Phi) is 2.85. The Morgan fingerprint density at radius 1 is 1.57 bits per heavy atom. The molecule has 78 valence electrons. The molecule has 3 heteroatoms. The van der Waals surface area contributed by atoms with Crippen molar-refractivity contribution in [3.8, 4) is 0 Å². The van der Waals surface area contributed by atoms with E-state index in [1.807, 2.05) is 0 Å². The molecule has 14 heavy (non-hydrogen) atoms. The third-order valence-electron chi connectivity index (χ3n) is 2.26. The first-order valence-electron chi connectivity index (χ1n) is 4.62. The van der Waals surface area contributed by atoms with Gasteiger partial charge in [-0.15, -0.1) is 0 Å². The van der Waals surface area contributed by atoms with Crippen LogP contribution in [0, 0.1) is 0 Å². The van der Waals surface area contributed by atoms with Gasteiger partial charge in [0.25, 0.3) is 0 Å². The molecule has 1 aliphatic heterocycles. The van der Waals surface area contributed by atoms with Crippen LogP contribution in [0.2, 0.25) is 0 Å². The summed E-state index contributed by atoms with van der Waals surface area (Å²) in [5.74, 6) is 1.99. The van der Waals surface area contributed by atoms with Crippen LogP contribution < -0.4 is 21.2 Å². The average molecular weight is 305 g/mol. The zero-order chi connectivity index (χ0) is 10.1. The fraction of sp³-hybridized carbons (Fsp3) is 0.455. The van der Waals surface area contributed by atoms with E-state index in [0.717, 1.165) is 17.9 Å². The summed E-state index contributed by atoms with van der Waals surface area (Å²) in [7, 11) is 0. The number of alkyl halides is 1. The zero-order valence-corrected chi connectivity index (χ0v) is 10.6. The quantitative estimate of drug-likeness (QED) is 0.508. The molecule has 0 spiro atoms. The molecule has 1 heterocycles. The van der Waals surface area contributed by atoms with E-state index >= 15 is 0 Å². The first-order valence-corrected chi connectivity index (χ1v) is 6.95. The summed E-state index contributed by atoms with van der Waals surface area (Å²) in [6.45, 7) is 8.70. The molecular formula is C11H14IO2-. The molecule has 0 saturated carbocycles. The number of hydrogen-bond donors (Lipinski definition) is 0. The van der Waals surface area contributed by atoms with Gasteiger partial charge in [-0.25, -0.2) is 0 Å². The van der Waals surface area contributed by atoms with Gasteiger partial charge in [-0.2, -0.15) is 0 Å². The van der Waals surface area contributed by atoms with Crippen LogP contribution in [0.4, 0.5) is 0 Å². The van der Waals surface area contributed by atoms with Gasteiger partial charge in [-0.3, -0.25) is 0 Å². The van der Waals surface area contributed by atoms with E-state index in [9.17, 15) is 0 Å². The predicted octanol–water partition coefficient (Wildman–Crippen LogP) is -0.457. The molecule has 1 aliphatic carbocycles. The Balaban J connectivity index is 2.12. The third-order valence-corrected chi connectivity index (χ3v) is 5.50. The molecule has 2 rings (SSSR count). The van der Waals surface area contributed by atoms with Crippen molar-refractivity contribution >= 4 is 0 Å². The van der Waals surface area contributed by atoms with Crippen LogP contribution in [-0.2, 0) is 9.47 Å². The first-order chi connectivity index (χ1) is 6.66. The van der Waals surface area contributed by atoms with E-state index in [1.165, 1.54) is 9.15 Å². The van der Waals surface area contributed by atoms with E-state index in [1.54, 1.807) is 0 Å². The number of rotatable bonds is 2. The van der Waals surface area contributed by atoms with Crippen molar-refractivity contribution < 1.29 is 30.7 Å². The molecular weight excluding hydrogens is 291 g/mol. The Bertz CT molecular complexity index is 328. The predicted molar refractivity (Wildman–Crippen MR) is 51.0 cm³/mol. The van der Waals surface area contributed by atoms with E-state index in [0.29, 0.717) is 10.7 Å². The van der Waals surface area contributed by atoms with Crippen molar-refractivity contribution in [3.05, 3.63) is 33.3 Å². The van der Waals surface area contributed by atoms with Crippen LogP contribution in [0.3, 0.4) is 0 Å². The fourth-order valence-electron chi connectivity index (χ4n) is 1.57. The SMILES string of the molecule is C=C(C)[I-]C1CC2=C(C=C1C)OCO2.